The van der Waals surface area contributed by atoms with E-state index in [2.05, 4.69) is 5.32 Å². The predicted octanol–water partition coefficient (Wildman–Crippen LogP) is 3.69. The number of nitrogens with one attached hydrogen (secondary N) is 1. The van der Waals surface area contributed by atoms with Crippen LogP contribution in [0.1, 0.15) is 18.4 Å². The molecule has 26 heavy (non-hydrogen) atoms. The highest BCUT2D eigenvalue weighted by atomic mass is 35.5. The summed E-state index contributed by atoms with van der Waals surface area (Å²) >= 11 is 6.15. The maximum atomic E-state index is 13.0. The Bertz CT molecular complexity index is 900. The number of piperidine rings is 1. The van der Waals surface area contributed by atoms with Gasteiger partial charge in [-0.15, -0.1) is 0 Å². The van der Waals surface area contributed by atoms with Gasteiger partial charge in [-0.3, -0.25) is 4.79 Å². The lowest BCUT2D eigenvalue weighted by Gasteiger charge is -2.31. The van der Waals surface area contributed by atoms with Crippen LogP contribution in [-0.2, 0) is 14.8 Å². The van der Waals surface area contributed by atoms with E-state index < -0.39 is 10.0 Å². The minimum Gasteiger partial charge on any atom is -0.326 e. The minimum atomic E-state index is -3.73. The molecule has 5 nitrogen and oxygen atoms in total. The number of rotatable bonds is 4. The van der Waals surface area contributed by atoms with Crippen LogP contribution in [0, 0.1) is 12.8 Å². The summed E-state index contributed by atoms with van der Waals surface area (Å²) in [6, 6.07) is 14.1. The quantitative estimate of drug-likeness (QED) is 0.862. The molecule has 3 rings (SSSR count). The molecule has 1 heterocycles. The third-order valence-corrected chi connectivity index (χ3v) is 6.85. The van der Waals surface area contributed by atoms with Crippen molar-refractivity contribution in [3.05, 3.63) is 59.1 Å². The number of nitrogens with zero attached hydrogens (tertiary/aromatic N) is 1. The van der Waals surface area contributed by atoms with Crippen molar-refractivity contribution in [2.24, 2.45) is 5.92 Å². The zero-order valence-electron chi connectivity index (χ0n) is 14.5. The summed E-state index contributed by atoms with van der Waals surface area (Å²) in [5.74, 6) is -0.547. The van der Waals surface area contributed by atoms with Gasteiger partial charge in [0, 0.05) is 18.8 Å². The predicted molar refractivity (Wildman–Crippen MR) is 103 cm³/mol. The normalized spacial score (nSPS) is 18.5. The van der Waals surface area contributed by atoms with Gasteiger partial charge in [0.05, 0.1) is 10.9 Å². The molecule has 7 heteroatoms. The summed E-state index contributed by atoms with van der Waals surface area (Å²) in [4.78, 5) is 12.6. The van der Waals surface area contributed by atoms with Gasteiger partial charge in [0.2, 0.25) is 15.9 Å². The third kappa shape index (κ3) is 4.09. The molecule has 0 saturated carbocycles. The van der Waals surface area contributed by atoms with Gasteiger partial charge in [-0.05, 0) is 49.6 Å². The van der Waals surface area contributed by atoms with E-state index in [1.807, 2.05) is 25.1 Å². The van der Waals surface area contributed by atoms with Crippen molar-refractivity contribution >= 4 is 33.2 Å². The van der Waals surface area contributed by atoms with Crippen LogP contribution < -0.4 is 5.32 Å². The first kappa shape index (κ1) is 18.9. The molecule has 1 aliphatic heterocycles. The average molecular weight is 393 g/mol. The molecule has 0 aliphatic carbocycles. The summed E-state index contributed by atoms with van der Waals surface area (Å²) in [5, 5.41) is 3.06. The lowest BCUT2D eigenvalue weighted by atomic mass is 9.99. The lowest BCUT2D eigenvalue weighted by molar-refractivity contribution is -0.120. The number of para-hydroxylation sites is 1. The van der Waals surface area contributed by atoms with Crippen molar-refractivity contribution in [2.45, 2.75) is 24.7 Å². The first-order chi connectivity index (χ1) is 12.4. The summed E-state index contributed by atoms with van der Waals surface area (Å²) in [6.45, 7) is 2.40. The van der Waals surface area contributed by atoms with E-state index in [0.29, 0.717) is 25.1 Å². The van der Waals surface area contributed by atoms with E-state index in [4.69, 9.17) is 11.6 Å². The van der Waals surface area contributed by atoms with Gasteiger partial charge in [0.25, 0.3) is 0 Å². The Morgan fingerprint density at radius 3 is 2.62 bits per heavy atom. The van der Waals surface area contributed by atoms with Crippen LogP contribution in [0.4, 0.5) is 5.69 Å². The first-order valence-corrected chi connectivity index (χ1v) is 10.3. The van der Waals surface area contributed by atoms with E-state index in [-0.39, 0.29) is 28.3 Å². The molecule has 0 spiro atoms. The maximum absolute atomic E-state index is 13.0. The number of carbonyl (C=O) groups excluding carboxylic acids is 1. The van der Waals surface area contributed by atoms with E-state index >= 15 is 0 Å². The van der Waals surface area contributed by atoms with Crippen molar-refractivity contribution in [1.29, 1.82) is 0 Å². The highest BCUT2D eigenvalue weighted by Crippen LogP contribution is 2.29. The molecule has 1 atom stereocenters. The van der Waals surface area contributed by atoms with Crippen LogP contribution in [0.2, 0.25) is 5.02 Å². The minimum absolute atomic E-state index is 0.0916. The number of aryl methyl sites for hydroxylation is 1. The molecule has 1 N–H and O–H groups in total. The number of benzene rings is 2. The molecule has 138 valence electrons. The van der Waals surface area contributed by atoms with Gasteiger partial charge >= 0.3 is 0 Å². The number of hydrogen-bond acceptors (Lipinski definition) is 3. The molecular formula is C19H21ClN2O3S. The van der Waals surface area contributed by atoms with Gasteiger partial charge in [0.1, 0.15) is 4.90 Å². The van der Waals surface area contributed by atoms with Crippen molar-refractivity contribution in [3.63, 3.8) is 0 Å². The SMILES string of the molecule is Cc1ccc(S(=O)(=O)N2CCCC(C(=O)Nc3ccccc3)C2)c(Cl)c1. The molecule has 2 aromatic carbocycles. The molecule has 1 saturated heterocycles. The molecule has 0 bridgehead atoms. The fourth-order valence-electron chi connectivity index (χ4n) is 3.09. The number of anilines is 1. The topological polar surface area (TPSA) is 66.5 Å². The second-order valence-corrected chi connectivity index (χ2v) is 8.80. The van der Waals surface area contributed by atoms with Gasteiger partial charge in [-0.25, -0.2) is 8.42 Å². The largest absolute Gasteiger partial charge is 0.326 e. The zero-order valence-corrected chi connectivity index (χ0v) is 16.1. The molecular weight excluding hydrogens is 372 g/mol. The van der Waals surface area contributed by atoms with E-state index in [1.54, 1.807) is 24.3 Å². The van der Waals surface area contributed by atoms with E-state index in [1.165, 1.54) is 10.4 Å². The molecule has 0 aromatic heterocycles. The van der Waals surface area contributed by atoms with Gasteiger partial charge in [-0.2, -0.15) is 4.31 Å². The van der Waals surface area contributed by atoms with Crippen LogP contribution in [0.5, 0.6) is 0 Å². The van der Waals surface area contributed by atoms with Gasteiger partial charge in [-0.1, -0.05) is 35.9 Å². The number of amides is 1. The fraction of sp³-hybridized carbons (Fsp3) is 0.316. The average Bonchev–Trinajstić information content (AvgIpc) is 2.62. The van der Waals surface area contributed by atoms with Gasteiger partial charge in [0.15, 0.2) is 0 Å². The zero-order chi connectivity index (χ0) is 18.7. The molecule has 1 aliphatic rings. The number of carbonyl (C=O) groups is 1. The highest BCUT2D eigenvalue weighted by molar-refractivity contribution is 7.89. The Morgan fingerprint density at radius 1 is 1.19 bits per heavy atom. The number of sulfonamides is 1. The standard InChI is InChI=1S/C19H21ClN2O3S/c1-14-9-10-18(17(20)12-14)26(24,25)22-11-5-6-15(13-22)19(23)21-16-7-3-2-4-8-16/h2-4,7-10,12,15H,5-6,11,13H2,1H3,(H,21,23). The Kier molecular flexibility index (Phi) is 5.65. The first-order valence-electron chi connectivity index (χ1n) is 8.50. The van der Waals surface area contributed by atoms with Crippen LogP contribution in [-0.4, -0.2) is 31.7 Å². The van der Waals surface area contributed by atoms with Crippen molar-refractivity contribution in [2.75, 3.05) is 18.4 Å². The lowest BCUT2D eigenvalue weighted by Crippen LogP contribution is -2.43. The summed E-state index contributed by atoms with van der Waals surface area (Å²) in [6.07, 6.45) is 1.29. The van der Waals surface area contributed by atoms with E-state index in [9.17, 15) is 13.2 Å². The Balaban J connectivity index is 1.76. The summed E-state index contributed by atoms with van der Waals surface area (Å²) < 4.78 is 27.3. The van der Waals surface area contributed by atoms with Crippen LogP contribution >= 0.6 is 11.6 Å². The monoisotopic (exact) mass is 392 g/mol. The second kappa shape index (κ2) is 7.78. The molecule has 1 fully saturated rings. The maximum Gasteiger partial charge on any atom is 0.244 e. The number of hydrogen-bond donors (Lipinski definition) is 1. The van der Waals surface area contributed by atoms with Crippen molar-refractivity contribution < 1.29 is 13.2 Å². The second-order valence-electron chi connectivity index (χ2n) is 6.49. The fourth-order valence-corrected chi connectivity index (χ4v) is 5.19. The summed E-state index contributed by atoms with van der Waals surface area (Å²) in [7, 11) is -3.73. The van der Waals surface area contributed by atoms with Crippen LogP contribution in [0.15, 0.2) is 53.4 Å². The molecule has 0 radical (unpaired) electrons. The van der Waals surface area contributed by atoms with Crippen molar-refractivity contribution in [1.82, 2.24) is 4.31 Å². The Labute approximate surface area is 159 Å². The Morgan fingerprint density at radius 2 is 1.92 bits per heavy atom. The molecule has 2 aromatic rings. The highest BCUT2D eigenvalue weighted by Gasteiger charge is 2.34. The van der Waals surface area contributed by atoms with Crippen LogP contribution in [0.25, 0.3) is 0 Å². The van der Waals surface area contributed by atoms with Crippen molar-refractivity contribution in [3.8, 4) is 0 Å². The summed E-state index contributed by atoms with van der Waals surface area (Å²) in [5.41, 5.74) is 1.60. The Hall–Kier alpha value is -1.89. The molecule has 1 unspecified atom stereocenters. The number of halogens is 1. The van der Waals surface area contributed by atoms with Crippen LogP contribution in [0.3, 0.4) is 0 Å². The third-order valence-electron chi connectivity index (χ3n) is 4.50. The van der Waals surface area contributed by atoms with E-state index in [0.717, 1.165) is 5.56 Å². The molecule has 1 amide bonds. The van der Waals surface area contributed by atoms with Gasteiger partial charge < -0.3 is 5.32 Å². The smallest absolute Gasteiger partial charge is 0.244 e.